The lowest BCUT2D eigenvalue weighted by Crippen LogP contribution is -2.45. The predicted octanol–water partition coefficient (Wildman–Crippen LogP) is 3.76. The molecule has 132 valence electrons. The van der Waals surface area contributed by atoms with Crippen molar-refractivity contribution < 1.29 is 19.4 Å². The van der Waals surface area contributed by atoms with E-state index in [4.69, 9.17) is 5.11 Å². The molecule has 1 saturated heterocycles. The number of hydrogen-bond donors (Lipinski definition) is 2. The van der Waals surface area contributed by atoms with Crippen LogP contribution in [0.15, 0.2) is 48.5 Å². The highest BCUT2D eigenvalue weighted by atomic mass is 19.1. The Bertz CT molecular complexity index is 689. The second-order valence-electron chi connectivity index (χ2n) is 6.68. The van der Waals surface area contributed by atoms with Crippen LogP contribution in [0.5, 0.6) is 0 Å². The number of amides is 1. The second-order valence-corrected chi connectivity index (χ2v) is 6.68. The molecule has 1 aliphatic heterocycles. The minimum Gasteiger partial charge on any atom is -0.465 e. The van der Waals surface area contributed by atoms with E-state index in [2.05, 4.69) is 0 Å². The van der Waals surface area contributed by atoms with E-state index in [9.17, 15) is 14.3 Å². The lowest BCUT2D eigenvalue weighted by Gasteiger charge is -2.41. The standard InChI is InChI=1S/C20H22FNO3/c1-14-2-4-15(5-3-14)20(25,16-6-8-18(21)9-7-16)17-10-12-22(13-11-17)19(23)24/h2-9,17,25H,10-13H2,1H3,(H,23,24)/t20-/m0/s1. The first-order valence-electron chi connectivity index (χ1n) is 8.44. The molecule has 25 heavy (non-hydrogen) atoms. The molecule has 1 atom stereocenters. The first-order valence-corrected chi connectivity index (χ1v) is 8.44. The number of aliphatic hydroxyl groups is 1. The fraction of sp³-hybridized carbons (Fsp3) is 0.350. The van der Waals surface area contributed by atoms with Crippen LogP contribution < -0.4 is 0 Å². The van der Waals surface area contributed by atoms with Crippen molar-refractivity contribution >= 4 is 6.09 Å². The van der Waals surface area contributed by atoms with Crippen LogP contribution in [0.25, 0.3) is 0 Å². The van der Waals surface area contributed by atoms with Crippen molar-refractivity contribution in [3.05, 3.63) is 71.0 Å². The van der Waals surface area contributed by atoms with Gasteiger partial charge in [0.1, 0.15) is 11.4 Å². The van der Waals surface area contributed by atoms with Crippen LogP contribution in [0.4, 0.5) is 9.18 Å². The zero-order chi connectivity index (χ0) is 18.0. The van der Waals surface area contributed by atoms with Crippen LogP contribution in [0.1, 0.15) is 29.5 Å². The molecule has 2 aromatic carbocycles. The van der Waals surface area contributed by atoms with Gasteiger partial charge >= 0.3 is 6.09 Å². The summed E-state index contributed by atoms with van der Waals surface area (Å²) in [6.07, 6.45) is 0.168. The minimum absolute atomic E-state index is 0.142. The first kappa shape index (κ1) is 17.4. The van der Waals surface area contributed by atoms with Crippen LogP contribution in [0.2, 0.25) is 0 Å². The van der Waals surface area contributed by atoms with Gasteiger partial charge in [-0.3, -0.25) is 0 Å². The molecule has 0 bridgehead atoms. The molecule has 1 amide bonds. The molecular weight excluding hydrogens is 321 g/mol. The van der Waals surface area contributed by atoms with Crippen LogP contribution in [0, 0.1) is 18.7 Å². The van der Waals surface area contributed by atoms with Gasteiger partial charge in [0, 0.05) is 13.1 Å². The molecule has 0 aliphatic carbocycles. The lowest BCUT2D eigenvalue weighted by molar-refractivity contribution is -0.0121. The number of carboxylic acid groups (broad SMARTS) is 1. The van der Waals surface area contributed by atoms with Gasteiger partial charge in [0.25, 0.3) is 0 Å². The largest absolute Gasteiger partial charge is 0.465 e. The van der Waals surface area contributed by atoms with Crippen molar-refractivity contribution in [2.75, 3.05) is 13.1 Å². The van der Waals surface area contributed by atoms with Gasteiger partial charge in [-0.05, 0) is 48.9 Å². The van der Waals surface area contributed by atoms with Crippen molar-refractivity contribution in [1.82, 2.24) is 4.90 Å². The summed E-state index contributed by atoms with van der Waals surface area (Å²) in [5.74, 6) is -0.494. The predicted molar refractivity (Wildman–Crippen MR) is 92.9 cm³/mol. The van der Waals surface area contributed by atoms with Crippen LogP contribution >= 0.6 is 0 Å². The summed E-state index contributed by atoms with van der Waals surface area (Å²) in [6, 6.07) is 13.6. The van der Waals surface area contributed by atoms with Gasteiger partial charge in [-0.2, -0.15) is 0 Å². The number of piperidine rings is 1. The van der Waals surface area contributed by atoms with Crippen LogP contribution in [-0.2, 0) is 5.60 Å². The molecule has 1 fully saturated rings. The van der Waals surface area contributed by atoms with Crippen molar-refractivity contribution in [3.8, 4) is 0 Å². The Hall–Kier alpha value is -2.40. The Morgan fingerprint density at radius 3 is 2.00 bits per heavy atom. The molecule has 0 radical (unpaired) electrons. The quantitative estimate of drug-likeness (QED) is 0.892. The summed E-state index contributed by atoms with van der Waals surface area (Å²) in [5.41, 5.74) is 1.20. The summed E-state index contributed by atoms with van der Waals surface area (Å²) in [4.78, 5) is 12.5. The van der Waals surface area contributed by atoms with E-state index in [1.165, 1.54) is 17.0 Å². The van der Waals surface area contributed by atoms with E-state index < -0.39 is 11.7 Å². The Morgan fingerprint density at radius 1 is 1.04 bits per heavy atom. The maximum absolute atomic E-state index is 13.4. The first-order chi connectivity index (χ1) is 11.9. The molecule has 0 saturated carbocycles. The highest BCUT2D eigenvalue weighted by Gasteiger charge is 2.42. The van der Waals surface area contributed by atoms with Crippen LogP contribution in [-0.4, -0.2) is 34.3 Å². The average Bonchev–Trinajstić information content (AvgIpc) is 2.62. The fourth-order valence-electron chi connectivity index (χ4n) is 3.64. The molecule has 0 aromatic heterocycles. The van der Waals surface area contributed by atoms with Crippen molar-refractivity contribution in [2.24, 2.45) is 5.92 Å². The van der Waals surface area contributed by atoms with Gasteiger partial charge in [0.15, 0.2) is 0 Å². The number of aryl methyl sites for hydroxylation is 1. The Kier molecular flexibility index (Phi) is 4.77. The zero-order valence-electron chi connectivity index (χ0n) is 14.2. The topological polar surface area (TPSA) is 60.8 Å². The van der Waals surface area contributed by atoms with Gasteiger partial charge < -0.3 is 15.1 Å². The molecular formula is C20H22FNO3. The molecule has 3 rings (SSSR count). The van der Waals surface area contributed by atoms with E-state index in [0.29, 0.717) is 31.5 Å². The number of halogens is 1. The molecule has 0 unspecified atom stereocenters. The average molecular weight is 343 g/mol. The Balaban J connectivity index is 1.99. The van der Waals surface area contributed by atoms with Gasteiger partial charge in [0.2, 0.25) is 0 Å². The summed E-state index contributed by atoms with van der Waals surface area (Å²) in [7, 11) is 0. The number of likely N-dealkylation sites (tertiary alicyclic amines) is 1. The van der Waals surface area contributed by atoms with E-state index in [0.717, 1.165) is 11.1 Å². The molecule has 1 heterocycles. The maximum atomic E-state index is 13.4. The summed E-state index contributed by atoms with van der Waals surface area (Å²) in [5, 5.41) is 20.8. The lowest BCUT2D eigenvalue weighted by atomic mass is 9.72. The Labute approximate surface area is 146 Å². The minimum atomic E-state index is -1.27. The number of carbonyl (C=O) groups is 1. The Morgan fingerprint density at radius 2 is 1.52 bits per heavy atom. The molecule has 5 heteroatoms. The molecule has 1 aliphatic rings. The molecule has 4 nitrogen and oxygen atoms in total. The number of nitrogens with zero attached hydrogens (tertiary/aromatic N) is 1. The summed E-state index contributed by atoms with van der Waals surface area (Å²) < 4.78 is 13.4. The SMILES string of the molecule is Cc1ccc([C@](O)(c2ccc(F)cc2)C2CCN(C(=O)O)CC2)cc1. The molecule has 0 spiro atoms. The van der Waals surface area contributed by atoms with E-state index in [1.807, 2.05) is 31.2 Å². The van der Waals surface area contributed by atoms with Gasteiger partial charge in [-0.15, -0.1) is 0 Å². The number of rotatable bonds is 3. The fourth-order valence-corrected chi connectivity index (χ4v) is 3.64. The van der Waals surface area contributed by atoms with Crippen LogP contribution in [0.3, 0.4) is 0 Å². The third-order valence-corrected chi connectivity index (χ3v) is 5.13. The smallest absolute Gasteiger partial charge is 0.407 e. The van der Waals surface area contributed by atoms with E-state index in [-0.39, 0.29) is 11.7 Å². The highest BCUT2D eigenvalue weighted by Crippen LogP contribution is 2.42. The maximum Gasteiger partial charge on any atom is 0.407 e. The van der Waals surface area contributed by atoms with Crippen molar-refractivity contribution in [3.63, 3.8) is 0 Å². The van der Waals surface area contributed by atoms with Gasteiger partial charge in [-0.25, -0.2) is 9.18 Å². The third kappa shape index (κ3) is 3.37. The highest BCUT2D eigenvalue weighted by molar-refractivity contribution is 5.65. The second kappa shape index (κ2) is 6.84. The van der Waals surface area contributed by atoms with Gasteiger partial charge in [0.05, 0.1) is 0 Å². The summed E-state index contributed by atoms with van der Waals surface area (Å²) >= 11 is 0. The normalized spacial score (nSPS) is 18.0. The van der Waals surface area contributed by atoms with Gasteiger partial charge in [-0.1, -0.05) is 42.0 Å². The van der Waals surface area contributed by atoms with Crippen molar-refractivity contribution in [2.45, 2.75) is 25.4 Å². The van der Waals surface area contributed by atoms with Crippen molar-refractivity contribution in [1.29, 1.82) is 0 Å². The molecule has 2 N–H and O–H groups in total. The van der Waals surface area contributed by atoms with E-state index >= 15 is 0 Å². The number of benzene rings is 2. The number of hydrogen-bond acceptors (Lipinski definition) is 2. The third-order valence-electron chi connectivity index (χ3n) is 5.13. The monoisotopic (exact) mass is 343 g/mol. The zero-order valence-corrected chi connectivity index (χ0v) is 14.2. The summed E-state index contributed by atoms with van der Waals surface area (Å²) in [6.45, 7) is 2.75. The van der Waals surface area contributed by atoms with E-state index in [1.54, 1.807) is 12.1 Å². The molecule has 2 aromatic rings.